The predicted molar refractivity (Wildman–Crippen MR) is 78.5 cm³/mol. The number of benzene rings is 1. The van der Waals surface area contributed by atoms with Crippen LogP contribution in [0.1, 0.15) is 24.8 Å². The van der Waals surface area contributed by atoms with E-state index in [0.717, 1.165) is 31.6 Å². The lowest BCUT2D eigenvalue weighted by Gasteiger charge is -2.31. The molecule has 1 atom stereocenters. The summed E-state index contributed by atoms with van der Waals surface area (Å²) in [5.74, 6) is 0.931. The van der Waals surface area contributed by atoms with Gasteiger partial charge in [0, 0.05) is 6.04 Å². The molecule has 1 aliphatic heterocycles. The van der Waals surface area contributed by atoms with E-state index < -0.39 is 0 Å². The number of nitrogens with one attached hydrogen (secondary N) is 1. The summed E-state index contributed by atoms with van der Waals surface area (Å²) in [6.07, 6.45) is 9.22. The molecule has 2 aliphatic rings. The highest BCUT2D eigenvalue weighted by atomic mass is 16.5. The molecule has 0 aromatic heterocycles. The Morgan fingerprint density at radius 2 is 1.95 bits per heavy atom. The zero-order chi connectivity index (χ0) is 13.1. The van der Waals surface area contributed by atoms with Crippen LogP contribution in [0.4, 0.5) is 0 Å². The fraction of sp³-hybridized carbons (Fsp3) is 0.412. The van der Waals surface area contributed by atoms with Gasteiger partial charge in [0.05, 0.1) is 7.11 Å². The predicted octanol–water partition coefficient (Wildman–Crippen LogP) is 3.25. The topological polar surface area (TPSA) is 21.3 Å². The summed E-state index contributed by atoms with van der Waals surface area (Å²) >= 11 is 0. The Kier molecular flexibility index (Phi) is 3.69. The quantitative estimate of drug-likeness (QED) is 0.837. The van der Waals surface area contributed by atoms with Crippen LogP contribution in [-0.4, -0.2) is 19.7 Å². The lowest BCUT2D eigenvalue weighted by atomic mass is 9.84. The standard InChI is InChI=1S/C17H21NO/c1-19-15-8-6-13(7-9-15)12-17-16-5-3-2-4-14(16)10-11-18-17/h2-3,6-9,17-18H,4-5,10-12H2,1H3/t17-/m0/s1. The van der Waals surface area contributed by atoms with E-state index >= 15 is 0 Å². The Morgan fingerprint density at radius 1 is 1.16 bits per heavy atom. The summed E-state index contributed by atoms with van der Waals surface area (Å²) in [5.41, 5.74) is 4.67. The van der Waals surface area contributed by atoms with E-state index in [9.17, 15) is 0 Å². The zero-order valence-electron chi connectivity index (χ0n) is 11.5. The van der Waals surface area contributed by atoms with Gasteiger partial charge in [-0.25, -0.2) is 0 Å². The Bertz CT molecular complexity index is 498. The SMILES string of the molecule is COc1ccc(C[C@@H]2NCCC3=C2CC=CC3)cc1. The number of rotatable bonds is 3. The van der Waals surface area contributed by atoms with Crippen molar-refractivity contribution in [1.29, 1.82) is 0 Å². The first-order chi connectivity index (χ1) is 9.36. The molecule has 1 aliphatic carbocycles. The van der Waals surface area contributed by atoms with Gasteiger partial charge < -0.3 is 10.1 Å². The molecule has 1 N–H and O–H groups in total. The van der Waals surface area contributed by atoms with Crippen LogP contribution in [0.5, 0.6) is 5.75 Å². The molecular weight excluding hydrogens is 234 g/mol. The van der Waals surface area contributed by atoms with Crippen molar-refractivity contribution in [3.8, 4) is 5.75 Å². The molecule has 100 valence electrons. The monoisotopic (exact) mass is 255 g/mol. The highest BCUT2D eigenvalue weighted by Crippen LogP contribution is 2.29. The summed E-state index contributed by atoms with van der Waals surface area (Å²) in [4.78, 5) is 0. The van der Waals surface area contributed by atoms with Crippen molar-refractivity contribution in [2.24, 2.45) is 0 Å². The normalized spacial score (nSPS) is 22.3. The van der Waals surface area contributed by atoms with Gasteiger partial charge in [-0.1, -0.05) is 29.9 Å². The summed E-state index contributed by atoms with van der Waals surface area (Å²) in [6, 6.07) is 8.96. The van der Waals surface area contributed by atoms with Gasteiger partial charge in [-0.3, -0.25) is 0 Å². The minimum absolute atomic E-state index is 0.516. The summed E-state index contributed by atoms with van der Waals surface area (Å²) < 4.78 is 5.21. The van der Waals surface area contributed by atoms with E-state index in [2.05, 4.69) is 29.6 Å². The Labute approximate surface area is 115 Å². The number of hydrogen-bond acceptors (Lipinski definition) is 2. The maximum atomic E-state index is 5.21. The first-order valence-electron chi connectivity index (χ1n) is 7.09. The highest BCUT2D eigenvalue weighted by molar-refractivity contribution is 5.34. The molecule has 0 unspecified atom stereocenters. The fourth-order valence-electron chi connectivity index (χ4n) is 3.08. The van der Waals surface area contributed by atoms with Crippen molar-refractivity contribution >= 4 is 0 Å². The van der Waals surface area contributed by atoms with Crippen molar-refractivity contribution < 1.29 is 4.74 Å². The van der Waals surface area contributed by atoms with Crippen LogP contribution in [0.15, 0.2) is 47.6 Å². The highest BCUT2D eigenvalue weighted by Gasteiger charge is 2.22. The van der Waals surface area contributed by atoms with Crippen LogP contribution in [0.25, 0.3) is 0 Å². The number of allylic oxidation sites excluding steroid dienone is 2. The number of ether oxygens (including phenoxy) is 1. The number of methoxy groups -OCH3 is 1. The van der Waals surface area contributed by atoms with Crippen LogP contribution in [0.3, 0.4) is 0 Å². The molecule has 0 saturated carbocycles. The van der Waals surface area contributed by atoms with Gasteiger partial charge in [-0.2, -0.15) is 0 Å². The summed E-state index contributed by atoms with van der Waals surface area (Å²) in [7, 11) is 1.71. The van der Waals surface area contributed by atoms with Crippen molar-refractivity contribution in [2.45, 2.75) is 31.7 Å². The molecule has 1 aromatic rings. The smallest absolute Gasteiger partial charge is 0.118 e. The molecule has 0 amide bonds. The summed E-state index contributed by atoms with van der Waals surface area (Å²) in [5, 5.41) is 3.67. The van der Waals surface area contributed by atoms with Gasteiger partial charge in [0.1, 0.15) is 5.75 Å². The van der Waals surface area contributed by atoms with Gasteiger partial charge in [0.2, 0.25) is 0 Å². The second kappa shape index (κ2) is 5.62. The van der Waals surface area contributed by atoms with Gasteiger partial charge in [0.15, 0.2) is 0 Å². The van der Waals surface area contributed by atoms with Crippen molar-refractivity contribution in [1.82, 2.24) is 5.32 Å². The average Bonchev–Trinajstić information content (AvgIpc) is 2.48. The molecular formula is C17H21NO. The van der Waals surface area contributed by atoms with E-state index in [4.69, 9.17) is 4.74 Å². The molecule has 1 aromatic carbocycles. The molecule has 0 radical (unpaired) electrons. The minimum atomic E-state index is 0.516. The van der Waals surface area contributed by atoms with Crippen molar-refractivity contribution in [2.75, 3.05) is 13.7 Å². The fourth-order valence-corrected chi connectivity index (χ4v) is 3.08. The van der Waals surface area contributed by atoms with E-state index in [1.807, 2.05) is 12.1 Å². The van der Waals surface area contributed by atoms with Gasteiger partial charge in [-0.05, 0) is 55.5 Å². The van der Waals surface area contributed by atoms with Gasteiger partial charge in [-0.15, -0.1) is 0 Å². The van der Waals surface area contributed by atoms with E-state index in [0.29, 0.717) is 6.04 Å². The molecule has 0 bridgehead atoms. The second-order valence-electron chi connectivity index (χ2n) is 5.32. The first kappa shape index (κ1) is 12.5. The molecule has 0 saturated heterocycles. The molecule has 0 fully saturated rings. The molecule has 1 heterocycles. The average molecular weight is 255 g/mol. The molecule has 19 heavy (non-hydrogen) atoms. The Morgan fingerprint density at radius 3 is 2.74 bits per heavy atom. The molecule has 2 nitrogen and oxygen atoms in total. The van der Waals surface area contributed by atoms with Gasteiger partial charge >= 0.3 is 0 Å². The van der Waals surface area contributed by atoms with Gasteiger partial charge in [0.25, 0.3) is 0 Å². The molecule has 0 spiro atoms. The van der Waals surface area contributed by atoms with E-state index in [1.54, 1.807) is 18.3 Å². The van der Waals surface area contributed by atoms with E-state index in [-0.39, 0.29) is 0 Å². The maximum absolute atomic E-state index is 5.21. The van der Waals surface area contributed by atoms with Crippen LogP contribution < -0.4 is 10.1 Å². The third kappa shape index (κ3) is 2.74. The van der Waals surface area contributed by atoms with Crippen LogP contribution in [0.2, 0.25) is 0 Å². The third-order valence-electron chi connectivity index (χ3n) is 4.16. The van der Waals surface area contributed by atoms with Crippen molar-refractivity contribution in [3.63, 3.8) is 0 Å². The van der Waals surface area contributed by atoms with Crippen molar-refractivity contribution in [3.05, 3.63) is 53.1 Å². The minimum Gasteiger partial charge on any atom is -0.497 e. The van der Waals surface area contributed by atoms with Crippen LogP contribution in [-0.2, 0) is 6.42 Å². The van der Waals surface area contributed by atoms with E-state index in [1.165, 1.54) is 12.0 Å². The second-order valence-corrected chi connectivity index (χ2v) is 5.32. The maximum Gasteiger partial charge on any atom is 0.118 e. The van der Waals surface area contributed by atoms with Crippen LogP contribution in [0, 0.1) is 0 Å². The Balaban J connectivity index is 1.74. The third-order valence-corrected chi connectivity index (χ3v) is 4.16. The first-order valence-corrected chi connectivity index (χ1v) is 7.09. The lowest BCUT2D eigenvalue weighted by molar-refractivity contribution is 0.414. The lowest BCUT2D eigenvalue weighted by Crippen LogP contribution is -2.38. The molecule has 2 heteroatoms. The Hall–Kier alpha value is -1.54. The molecule has 3 rings (SSSR count). The zero-order valence-corrected chi connectivity index (χ0v) is 11.5. The summed E-state index contributed by atoms with van der Waals surface area (Å²) in [6.45, 7) is 1.12. The van der Waals surface area contributed by atoms with Crippen LogP contribution >= 0.6 is 0 Å². The number of hydrogen-bond donors (Lipinski definition) is 1. The largest absolute Gasteiger partial charge is 0.497 e.